The number of hydrogen-bond donors (Lipinski definition) is 2. The highest BCUT2D eigenvalue weighted by Crippen LogP contribution is 2.43. The molecule has 0 heterocycles. The summed E-state index contributed by atoms with van der Waals surface area (Å²) in [6.45, 7) is 7.02. The molecule has 0 fully saturated rings. The molecule has 0 spiro atoms. The van der Waals surface area contributed by atoms with Gasteiger partial charge in [0, 0.05) is 12.8 Å². The Balaban J connectivity index is 5.33. The number of unbranched alkanes of at least 4 members (excludes halogenated alkanes) is 35. The molecule has 0 aliphatic heterocycles. The van der Waals surface area contributed by atoms with Gasteiger partial charge in [-0.3, -0.25) is 18.6 Å². The zero-order chi connectivity index (χ0) is 50.1. The summed E-state index contributed by atoms with van der Waals surface area (Å²) in [5, 5.41) is 3.05. The molecule has 3 unspecified atom stereocenters. The number of ether oxygens (including phenoxy) is 1. The molecule has 2 N–H and O–H groups in total. The molecular weight excluding hydrogens is 868 g/mol. The van der Waals surface area contributed by atoms with E-state index < -0.39 is 20.0 Å². The van der Waals surface area contributed by atoms with E-state index in [1.54, 1.807) is 0 Å². The summed E-state index contributed by atoms with van der Waals surface area (Å²) < 4.78 is 30.6. The molecular formula is C58H114N2O7P+. The second-order valence-corrected chi connectivity index (χ2v) is 22.6. The standard InChI is InChI=1S/C58H113N2O7P/c1-7-10-13-16-19-22-25-28-30-31-32-35-38-41-44-47-50-57(61)59-55(54-66-68(63,64)65-53-52-60(4,5)6)56(49-46-43-40-37-34-27-24-21-18-15-12-9-3)67-58(62)51-48-45-42-39-36-33-29-26-23-20-17-14-11-8-2/h33,36,46,49,55-56H,7-32,34-35,37-45,47-48,50-54H2,1-6H3,(H-,59,61,63,64)/p+1/b36-33-,49-46+. The highest BCUT2D eigenvalue weighted by atomic mass is 31.2. The fourth-order valence-corrected chi connectivity index (χ4v) is 9.32. The lowest BCUT2D eigenvalue weighted by Gasteiger charge is -2.27. The van der Waals surface area contributed by atoms with E-state index in [1.165, 1.54) is 180 Å². The molecule has 10 heteroatoms. The molecule has 1 amide bonds. The Morgan fingerprint density at radius 3 is 1.26 bits per heavy atom. The van der Waals surface area contributed by atoms with Crippen LogP contribution >= 0.6 is 7.82 Å². The predicted octanol–water partition coefficient (Wildman–Crippen LogP) is 17.4. The van der Waals surface area contributed by atoms with Crippen LogP contribution < -0.4 is 5.32 Å². The largest absolute Gasteiger partial charge is 0.472 e. The first-order chi connectivity index (χ1) is 32.9. The average molecular weight is 983 g/mol. The van der Waals surface area contributed by atoms with Crippen molar-refractivity contribution in [2.45, 2.75) is 296 Å². The van der Waals surface area contributed by atoms with Crippen molar-refractivity contribution in [1.82, 2.24) is 5.32 Å². The minimum absolute atomic E-state index is 0.0414. The van der Waals surface area contributed by atoms with Crippen LogP contribution in [0, 0.1) is 0 Å². The molecule has 402 valence electrons. The number of quaternary nitrogens is 1. The maximum absolute atomic E-state index is 13.5. The van der Waals surface area contributed by atoms with E-state index in [2.05, 4.69) is 38.2 Å². The number of amides is 1. The normalized spacial score (nSPS) is 13.9. The van der Waals surface area contributed by atoms with Crippen LogP contribution in [0.2, 0.25) is 0 Å². The Hall–Kier alpha value is -1.51. The third kappa shape index (κ3) is 49.5. The zero-order valence-corrected chi connectivity index (χ0v) is 46.8. The highest BCUT2D eigenvalue weighted by molar-refractivity contribution is 7.47. The highest BCUT2D eigenvalue weighted by Gasteiger charge is 2.30. The second-order valence-electron chi connectivity index (χ2n) is 21.2. The lowest BCUT2D eigenvalue weighted by molar-refractivity contribution is -0.870. The van der Waals surface area contributed by atoms with E-state index >= 15 is 0 Å². The van der Waals surface area contributed by atoms with Crippen LogP contribution in [-0.4, -0.2) is 74.3 Å². The third-order valence-corrected chi connectivity index (χ3v) is 14.1. The summed E-state index contributed by atoms with van der Waals surface area (Å²) >= 11 is 0. The van der Waals surface area contributed by atoms with Gasteiger partial charge in [0.2, 0.25) is 5.91 Å². The minimum atomic E-state index is -4.44. The smallest absolute Gasteiger partial charge is 0.456 e. The molecule has 0 rings (SSSR count). The molecule has 9 nitrogen and oxygen atoms in total. The summed E-state index contributed by atoms with van der Waals surface area (Å²) in [5.74, 6) is -0.511. The number of hydrogen-bond acceptors (Lipinski definition) is 6. The maximum Gasteiger partial charge on any atom is 0.472 e. The number of rotatable bonds is 53. The number of phosphoric ester groups is 1. The first-order valence-corrected chi connectivity index (χ1v) is 30.7. The van der Waals surface area contributed by atoms with Crippen LogP contribution in [-0.2, 0) is 27.9 Å². The number of esters is 1. The topological polar surface area (TPSA) is 111 Å². The number of likely N-dealkylation sites (N-methyl/N-ethyl adjacent to an activating group) is 1. The van der Waals surface area contributed by atoms with Crippen LogP contribution in [0.3, 0.4) is 0 Å². The van der Waals surface area contributed by atoms with E-state index in [0.29, 0.717) is 17.4 Å². The van der Waals surface area contributed by atoms with Gasteiger partial charge in [-0.25, -0.2) is 4.57 Å². The quantitative estimate of drug-likeness (QED) is 0.0205. The Kier molecular flexibility index (Phi) is 48.0. The van der Waals surface area contributed by atoms with Gasteiger partial charge in [-0.15, -0.1) is 0 Å². The predicted molar refractivity (Wildman–Crippen MR) is 291 cm³/mol. The number of carbonyl (C=O) groups is 2. The van der Waals surface area contributed by atoms with Crippen molar-refractivity contribution < 1.29 is 37.3 Å². The van der Waals surface area contributed by atoms with Crippen molar-refractivity contribution >= 4 is 19.7 Å². The Labute approximate surface area is 422 Å². The van der Waals surface area contributed by atoms with E-state index in [0.717, 1.165) is 70.6 Å². The van der Waals surface area contributed by atoms with Gasteiger partial charge in [0.1, 0.15) is 19.3 Å². The van der Waals surface area contributed by atoms with Gasteiger partial charge in [0.15, 0.2) is 0 Å². The molecule has 0 aromatic rings. The molecule has 68 heavy (non-hydrogen) atoms. The molecule has 0 saturated carbocycles. The fraction of sp³-hybridized carbons (Fsp3) is 0.897. The summed E-state index contributed by atoms with van der Waals surface area (Å²) in [5.41, 5.74) is 0. The number of phosphoric acid groups is 1. The van der Waals surface area contributed by atoms with Crippen molar-refractivity contribution in [1.29, 1.82) is 0 Å². The molecule has 0 bridgehead atoms. The van der Waals surface area contributed by atoms with Crippen LogP contribution in [0.5, 0.6) is 0 Å². The van der Waals surface area contributed by atoms with Crippen molar-refractivity contribution in [2.75, 3.05) is 40.9 Å². The van der Waals surface area contributed by atoms with E-state index in [-0.39, 0.29) is 31.5 Å². The van der Waals surface area contributed by atoms with Crippen LogP contribution in [0.15, 0.2) is 24.3 Å². The molecule has 0 aliphatic rings. The van der Waals surface area contributed by atoms with Crippen molar-refractivity contribution in [2.24, 2.45) is 0 Å². The maximum atomic E-state index is 13.5. The Morgan fingerprint density at radius 2 is 0.853 bits per heavy atom. The molecule has 3 atom stereocenters. The lowest BCUT2D eigenvalue weighted by Crippen LogP contribution is -2.47. The van der Waals surface area contributed by atoms with Gasteiger partial charge in [-0.1, -0.05) is 238 Å². The minimum Gasteiger partial charge on any atom is -0.456 e. The zero-order valence-electron chi connectivity index (χ0n) is 45.9. The van der Waals surface area contributed by atoms with E-state index in [1.807, 2.05) is 33.3 Å². The molecule has 0 aromatic carbocycles. The Morgan fingerprint density at radius 1 is 0.500 bits per heavy atom. The van der Waals surface area contributed by atoms with Gasteiger partial charge in [0.25, 0.3) is 0 Å². The monoisotopic (exact) mass is 982 g/mol. The molecule has 0 saturated heterocycles. The van der Waals surface area contributed by atoms with Gasteiger partial charge in [-0.2, -0.15) is 0 Å². The summed E-state index contributed by atoms with van der Waals surface area (Å²) in [7, 11) is 1.50. The van der Waals surface area contributed by atoms with E-state index in [4.69, 9.17) is 13.8 Å². The van der Waals surface area contributed by atoms with Crippen molar-refractivity contribution in [3.05, 3.63) is 24.3 Å². The van der Waals surface area contributed by atoms with Crippen LogP contribution in [0.4, 0.5) is 0 Å². The fourth-order valence-electron chi connectivity index (χ4n) is 8.58. The first kappa shape index (κ1) is 66.5. The van der Waals surface area contributed by atoms with Gasteiger partial charge in [0.05, 0.1) is 33.8 Å². The molecule has 0 aromatic heterocycles. The number of allylic oxidation sites excluding steroid dienone is 3. The lowest BCUT2D eigenvalue weighted by atomic mass is 10.0. The van der Waals surface area contributed by atoms with Gasteiger partial charge >= 0.3 is 13.8 Å². The van der Waals surface area contributed by atoms with Crippen LogP contribution in [0.1, 0.15) is 284 Å². The summed E-state index contributed by atoms with van der Waals surface area (Å²) in [4.78, 5) is 37.6. The number of nitrogens with one attached hydrogen (secondary N) is 1. The number of carbonyl (C=O) groups excluding carboxylic acids is 2. The SMILES string of the molecule is CCCCCCCCC/C=C\CCCCCC(=O)OC(/C=C/CCCCCCCCCCCC)C(COP(=O)(O)OCC[N+](C)(C)C)NC(=O)CCCCCCCCCCCCCCCCCC. The number of nitrogens with zero attached hydrogens (tertiary/aromatic N) is 1. The molecule has 0 aliphatic carbocycles. The van der Waals surface area contributed by atoms with Gasteiger partial charge < -0.3 is 19.4 Å². The molecule has 0 radical (unpaired) electrons. The van der Waals surface area contributed by atoms with Crippen molar-refractivity contribution in [3.63, 3.8) is 0 Å². The second kappa shape index (κ2) is 49.1. The summed E-state index contributed by atoms with van der Waals surface area (Å²) in [6.07, 6.45) is 55.9. The summed E-state index contributed by atoms with van der Waals surface area (Å²) in [6, 6.07) is -0.847. The van der Waals surface area contributed by atoms with E-state index in [9.17, 15) is 19.0 Å². The van der Waals surface area contributed by atoms with Gasteiger partial charge in [-0.05, 0) is 57.4 Å². The Bertz CT molecular complexity index is 1220. The third-order valence-electron chi connectivity index (χ3n) is 13.1. The first-order valence-electron chi connectivity index (χ1n) is 29.2. The van der Waals surface area contributed by atoms with Crippen molar-refractivity contribution in [3.8, 4) is 0 Å². The average Bonchev–Trinajstić information content (AvgIpc) is 3.29. The van der Waals surface area contributed by atoms with Crippen LogP contribution in [0.25, 0.3) is 0 Å².